The molecule has 0 spiro atoms. The number of alkyl halides is 2. The highest BCUT2D eigenvalue weighted by Crippen LogP contribution is 2.42. The van der Waals surface area contributed by atoms with Crippen molar-refractivity contribution in [2.45, 2.75) is 44.8 Å². The fourth-order valence-corrected chi connectivity index (χ4v) is 4.59. The van der Waals surface area contributed by atoms with E-state index in [-0.39, 0.29) is 11.6 Å². The molecule has 5 rings (SSSR count). The van der Waals surface area contributed by atoms with Crippen LogP contribution in [-0.2, 0) is 4.74 Å². The SMILES string of the molecule is COc1nc2c(C)nnc(N[C@H](C)c3cccc(C(F)F)c3)c2cc1N1C2COCC1C2. The van der Waals surface area contributed by atoms with Gasteiger partial charge in [-0.3, -0.25) is 0 Å². The van der Waals surface area contributed by atoms with Gasteiger partial charge >= 0.3 is 0 Å². The number of rotatable bonds is 6. The molecular weight excluding hydrogens is 416 g/mol. The molecule has 7 nitrogen and oxygen atoms in total. The molecule has 2 aliphatic rings. The van der Waals surface area contributed by atoms with Crippen molar-refractivity contribution >= 4 is 22.4 Å². The molecule has 32 heavy (non-hydrogen) atoms. The van der Waals surface area contributed by atoms with E-state index in [1.807, 2.05) is 26.0 Å². The van der Waals surface area contributed by atoms with Crippen molar-refractivity contribution in [1.82, 2.24) is 15.2 Å². The van der Waals surface area contributed by atoms with Crippen LogP contribution >= 0.6 is 0 Å². The first kappa shape index (κ1) is 20.8. The van der Waals surface area contributed by atoms with Gasteiger partial charge in [0, 0.05) is 10.9 Å². The Hall–Kier alpha value is -3.07. The highest BCUT2D eigenvalue weighted by atomic mass is 19.3. The Morgan fingerprint density at radius 3 is 2.59 bits per heavy atom. The maximum atomic E-state index is 13.1. The second-order valence-electron chi connectivity index (χ2n) is 8.37. The van der Waals surface area contributed by atoms with Crippen LogP contribution in [0.4, 0.5) is 20.3 Å². The molecule has 2 fully saturated rings. The maximum Gasteiger partial charge on any atom is 0.263 e. The topological polar surface area (TPSA) is 72.4 Å². The lowest BCUT2D eigenvalue weighted by Gasteiger charge is -2.53. The number of pyridine rings is 1. The van der Waals surface area contributed by atoms with Crippen LogP contribution in [0.3, 0.4) is 0 Å². The molecule has 2 saturated heterocycles. The molecule has 168 valence electrons. The Balaban J connectivity index is 1.54. The number of aromatic nitrogens is 3. The van der Waals surface area contributed by atoms with Gasteiger partial charge in [0.2, 0.25) is 5.88 Å². The average Bonchev–Trinajstić information content (AvgIpc) is 2.81. The minimum absolute atomic E-state index is 0.00349. The highest BCUT2D eigenvalue weighted by molar-refractivity contribution is 5.94. The first-order valence-electron chi connectivity index (χ1n) is 10.7. The Morgan fingerprint density at radius 1 is 1.16 bits per heavy atom. The second kappa shape index (κ2) is 8.12. The molecule has 1 aromatic carbocycles. The number of fused-ring (bicyclic) bond motifs is 3. The van der Waals surface area contributed by atoms with Gasteiger partial charge in [0.1, 0.15) is 11.2 Å². The normalized spacial score (nSPS) is 20.9. The van der Waals surface area contributed by atoms with E-state index in [2.05, 4.69) is 20.4 Å². The van der Waals surface area contributed by atoms with Gasteiger partial charge in [-0.05, 0) is 38.0 Å². The van der Waals surface area contributed by atoms with Crippen LogP contribution < -0.4 is 15.0 Å². The standard InChI is InChI=1S/C23H25F2N5O2/c1-12(14-5-4-6-15(7-14)21(24)25)26-22-18-9-19(30-16-8-17(30)11-32-10-16)23(31-3)27-20(18)13(2)28-29-22/h4-7,9,12,16-17,21H,8,10-11H2,1-3H3,(H,26,29)/t12-,16?,17?/m1/s1. The smallest absolute Gasteiger partial charge is 0.263 e. The third-order valence-corrected chi connectivity index (χ3v) is 6.31. The molecule has 0 amide bonds. The van der Waals surface area contributed by atoms with E-state index >= 15 is 0 Å². The summed E-state index contributed by atoms with van der Waals surface area (Å²) in [4.78, 5) is 7.06. The van der Waals surface area contributed by atoms with E-state index < -0.39 is 6.43 Å². The molecule has 4 heterocycles. The summed E-state index contributed by atoms with van der Waals surface area (Å²) < 4.78 is 37.5. The van der Waals surface area contributed by atoms with E-state index in [0.29, 0.717) is 48.2 Å². The number of anilines is 2. The molecule has 0 saturated carbocycles. The second-order valence-corrected chi connectivity index (χ2v) is 8.37. The number of morpholine rings is 1. The van der Waals surface area contributed by atoms with Crippen molar-refractivity contribution < 1.29 is 18.3 Å². The third kappa shape index (κ3) is 3.50. The predicted molar refractivity (Wildman–Crippen MR) is 118 cm³/mol. The molecule has 0 aliphatic carbocycles. The van der Waals surface area contributed by atoms with Crippen molar-refractivity contribution in [1.29, 1.82) is 0 Å². The lowest BCUT2D eigenvalue weighted by molar-refractivity contribution is 0.00994. The summed E-state index contributed by atoms with van der Waals surface area (Å²) in [5, 5.41) is 12.8. The molecular formula is C23H25F2N5O2. The number of nitrogens with zero attached hydrogens (tertiary/aromatic N) is 4. The van der Waals surface area contributed by atoms with E-state index in [9.17, 15) is 8.78 Å². The summed E-state index contributed by atoms with van der Waals surface area (Å²) in [6, 6.07) is 8.81. The Morgan fingerprint density at radius 2 is 1.91 bits per heavy atom. The van der Waals surface area contributed by atoms with Gasteiger partial charge in [0.05, 0.1) is 44.1 Å². The zero-order valence-electron chi connectivity index (χ0n) is 18.2. The molecule has 9 heteroatoms. The number of nitrogens with one attached hydrogen (secondary N) is 1. The molecule has 0 radical (unpaired) electrons. The van der Waals surface area contributed by atoms with Gasteiger partial charge in [-0.25, -0.2) is 13.8 Å². The first-order valence-corrected chi connectivity index (χ1v) is 10.7. The zero-order chi connectivity index (χ0) is 22.4. The maximum absolute atomic E-state index is 13.1. The monoisotopic (exact) mass is 441 g/mol. The lowest BCUT2D eigenvalue weighted by Crippen LogP contribution is -2.64. The number of methoxy groups -OCH3 is 1. The molecule has 2 unspecified atom stereocenters. The van der Waals surface area contributed by atoms with Crippen LogP contribution in [0.15, 0.2) is 30.3 Å². The third-order valence-electron chi connectivity index (χ3n) is 6.31. The van der Waals surface area contributed by atoms with Gasteiger partial charge < -0.3 is 19.7 Å². The highest BCUT2D eigenvalue weighted by Gasteiger charge is 2.44. The number of halogens is 2. The van der Waals surface area contributed by atoms with E-state index in [0.717, 1.165) is 23.1 Å². The molecule has 2 aromatic heterocycles. The number of ether oxygens (including phenoxy) is 2. The molecule has 2 bridgehead atoms. The van der Waals surface area contributed by atoms with E-state index in [4.69, 9.17) is 14.5 Å². The summed E-state index contributed by atoms with van der Waals surface area (Å²) in [6.07, 6.45) is -1.42. The summed E-state index contributed by atoms with van der Waals surface area (Å²) in [5.41, 5.74) is 3.03. The van der Waals surface area contributed by atoms with Crippen LogP contribution in [0.5, 0.6) is 5.88 Å². The van der Waals surface area contributed by atoms with Gasteiger partial charge in [0.25, 0.3) is 6.43 Å². The summed E-state index contributed by atoms with van der Waals surface area (Å²) in [6.45, 7) is 5.14. The summed E-state index contributed by atoms with van der Waals surface area (Å²) in [7, 11) is 1.62. The van der Waals surface area contributed by atoms with E-state index in [1.54, 1.807) is 13.2 Å². The fourth-order valence-electron chi connectivity index (χ4n) is 4.59. The summed E-state index contributed by atoms with van der Waals surface area (Å²) >= 11 is 0. The Bertz CT molecular complexity index is 1140. The van der Waals surface area contributed by atoms with Crippen LogP contribution in [0.2, 0.25) is 0 Å². The van der Waals surface area contributed by atoms with Gasteiger partial charge in [0.15, 0.2) is 5.82 Å². The lowest BCUT2D eigenvalue weighted by atomic mass is 9.90. The van der Waals surface area contributed by atoms with Gasteiger partial charge in [-0.2, -0.15) is 5.10 Å². The number of hydrogen-bond donors (Lipinski definition) is 1. The van der Waals surface area contributed by atoms with E-state index in [1.165, 1.54) is 12.1 Å². The van der Waals surface area contributed by atoms with Crippen LogP contribution in [-0.4, -0.2) is 47.6 Å². The fraction of sp³-hybridized carbons (Fsp3) is 0.435. The van der Waals surface area contributed by atoms with Crippen LogP contribution in [0, 0.1) is 6.92 Å². The zero-order valence-corrected chi connectivity index (χ0v) is 18.2. The van der Waals surface area contributed by atoms with Crippen molar-refractivity contribution in [3.05, 3.63) is 47.2 Å². The van der Waals surface area contributed by atoms with Crippen LogP contribution in [0.1, 0.15) is 42.6 Å². The number of benzene rings is 1. The Labute approximate surface area is 184 Å². The van der Waals surface area contributed by atoms with Crippen molar-refractivity contribution in [2.24, 2.45) is 0 Å². The Kier molecular flexibility index (Phi) is 5.28. The minimum Gasteiger partial charge on any atom is -0.480 e. The van der Waals surface area contributed by atoms with Crippen molar-refractivity contribution in [3.63, 3.8) is 0 Å². The largest absolute Gasteiger partial charge is 0.480 e. The quantitative estimate of drug-likeness (QED) is 0.607. The summed E-state index contributed by atoms with van der Waals surface area (Å²) in [5.74, 6) is 1.10. The minimum atomic E-state index is -2.51. The van der Waals surface area contributed by atoms with Crippen molar-refractivity contribution in [3.8, 4) is 5.88 Å². The van der Waals surface area contributed by atoms with Gasteiger partial charge in [-0.1, -0.05) is 18.2 Å². The first-order chi connectivity index (χ1) is 15.5. The predicted octanol–water partition coefficient (Wildman–Crippen LogP) is 4.43. The molecule has 1 N–H and O–H groups in total. The number of aryl methyl sites for hydroxylation is 1. The average molecular weight is 441 g/mol. The molecule has 2 aliphatic heterocycles. The number of hydrogen-bond acceptors (Lipinski definition) is 7. The van der Waals surface area contributed by atoms with Crippen LogP contribution in [0.25, 0.3) is 10.9 Å². The molecule has 3 atom stereocenters. The van der Waals surface area contributed by atoms with Crippen molar-refractivity contribution in [2.75, 3.05) is 30.5 Å². The van der Waals surface area contributed by atoms with Gasteiger partial charge in [-0.15, -0.1) is 5.10 Å². The molecule has 3 aromatic rings.